The predicted octanol–water partition coefficient (Wildman–Crippen LogP) is 13.3. The topological polar surface area (TPSA) is 0 Å². The van der Waals surface area contributed by atoms with Gasteiger partial charge in [0.25, 0.3) is 0 Å². The maximum absolute atomic E-state index is 4.18. The Hall–Kier alpha value is -2.89. The molecule has 0 unspecified atom stereocenters. The van der Waals surface area contributed by atoms with E-state index in [4.69, 9.17) is 0 Å². The SMILES string of the molecule is C=CC[P+](CCCCCCCC)(CCCCCCCC)CCCCCCCC.c1ccc([B-](c2ccccc2)(c2ccccc2)c2ccccc2)cc1. The Morgan fingerprint density at radius 3 is 0.868 bits per heavy atom. The van der Waals surface area contributed by atoms with Gasteiger partial charge in [-0.05, 0) is 38.5 Å². The Bertz CT molecular complexity index is 1210. The Balaban J connectivity index is 0.000000286. The van der Waals surface area contributed by atoms with Crippen LogP contribution in [0.2, 0.25) is 0 Å². The molecule has 0 fully saturated rings. The van der Waals surface area contributed by atoms with Crippen LogP contribution in [0.5, 0.6) is 0 Å². The van der Waals surface area contributed by atoms with Gasteiger partial charge in [-0.2, -0.15) is 21.9 Å². The van der Waals surface area contributed by atoms with Crippen molar-refractivity contribution in [1.82, 2.24) is 0 Å². The van der Waals surface area contributed by atoms with Crippen LogP contribution in [-0.4, -0.2) is 30.8 Å². The van der Waals surface area contributed by atoms with Crippen LogP contribution in [0.3, 0.4) is 0 Å². The van der Waals surface area contributed by atoms with Gasteiger partial charge in [0, 0.05) is 7.26 Å². The summed E-state index contributed by atoms with van der Waals surface area (Å²) in [5, 5.41) is 0. The highest BCUT2D eigenvalue weighted by Gasteiger charge is 2.34. The zero-order valence-electron chi connectivity index (χ0n) is 34.4. The lowest BCUT2D eigenvalue weighted by molar-refractivity contribution is 0.616. The highest BCUT2D eigenvalue weighted by Crippen LogP contribution is 2.61. The summed E-state index contributed by atoms with van der Waals surface area (Å²) in [5.74, 6) is 0. The maximum atomic E-state index is 4.18. The third kappa shape index (κ3) is 15.4. The molecule has 53 heavy (non-hydrogen) atoms. The molecule has 4 aromatic rings. The van der Waals surface area contributed by atoms with Crippen LogP contribution in [-0.2, 0) is 0 Å². The second kappa shape index (κ2) is 27.7. The molecule has 0 aliphatic rings. The smallest absolute Gasteiger partial charge is 0.108 e. The molecule has 0 aliphatic heterocycles. The Morgan fingerprint density at radius 2 is 0.623 bits per heavy atom. The van der Waals surface area contributed by atoms with E-state index in [1.807, 2.05) is 0 Å². The van der Waals surface area contributed by atoms with Crippen LogP contribution in [0.15, 0.2) is 134 Å². The molecule has 0 radical (unpaired) electrons. The Morgan fingerprint density at radius 1 is 0.377 bits per heavy atom. The Kier molecular flexibility index (Phi) is 23.2. The lowest BCUT2D eigenvalue weighted by Crippen LogP contribution is -2.74. The highest BCUT2D eigenvalue weighted by atomic mass is 31.2. The fraction of sp³-hybridized carbons (Fsp3) is 0.490. The normalized spacial score (nSPS) is 11.5. The molecule has 2 heteroatoms. The molecule has 0 heterocycles. The first-order valence-electron chi connectivity index (χ1n) is 22.0. The quantitative estimate of drug-likeness (QED) is 0.0248. The first-order valence-corrected chi connectivity index (χ1v) is 24.5. The maximum Gasteiger partial charge on any atom is 0.108 e. The average Bonchev–Trinajstić information content (AvgIpc) is 3.21. The van der Waals surface area contributed by atoms with Gasteiger partial charge in [-0.1, -0.05) is 232 Å². The summed E-state index contributed by atoms with van der Waals surface area (Å²) in [6.45, 7) is 11.1. The molecule has 0 nitrogen and oxygen atoms in total. The molecule has 0 N–H and O–H groups in total. The number of hydrogen-bond acceptors (Lipinski definition) is 0. The van der Waals surface area contributed by atoms with E-state index in [9.17, 15) is 0 Å². The predicted molar refractivity (Wildman–Crippen MR) is 247 cm³/mol. The van der Waals surface area contributed by atoms with Crippen molar-refractivity contribution in [3.63, 3.8) is 0 Å². The zero-order valence-corrected chi connectivity index (χ0v) is 35.3. The summed E-state index contributed by atoms with van der Waals surface area (Å²) in [6, 6.07) is 43.5. The van der Waals surface area contributed by atoms with E-state index in [1.54, 1.807) is 18.5 Å². The number of benzene rings is 4. The number of hydrogen-bond donors (Lipinski definition) is 0. The van der Waals surface area contributed by atoms with Gasteiger partial charge in [0.15, 0.2) is 0 Å². The van der Waals surface area contributed by atoms with E-state index < -0.39 is 13.4 Å². The van der Waals surface area contributed by atoms with Crippen LogP contribution < -0.4 is 21.9 Å². The van der Waals surface area contributed by atoms with E-state index in [0.717, 1.165) is 0 Å². The second-order valence-corrected chi connectivity index (χ2v) is 20.2. The fourth-order valence-corrected chi connectivity index (χ4v) is 13.1. The molecule has 4 rings (SSSR count). The molecule has 0 saturated heterocycles. The van der Waals surface area contributed by atoms with Gasteiger partial charge in [-0.15, -0.1) is 0 Å². The van der Waals surface area contributed by atoms with Gasteiger partial charge in [0.1, 0.15) is 6.15 Å². The lowest BCUT2D eigenvalue weighted by Gasteiger charge is -2.44. The summed E-state index contributed by atoms with van der Waals surface area (Å²) in [5.41, 5.74) is 5.36. The number of rotatable bonds is 27. The standard InChI is InChI=1S/C27H56P.C24H20B/c1-5-9-12-15-18-21-25-28(24-8-4,26-22-19-16-13-10-6-2)27-23-20-17-14-11-7-3;1-5-13-21(14-6-1)25(22-15-7-2-8-16-22,23-17-9-3-10-18-23)24-19-11-4-12-20-24/h8H,4-7,9-27H2,1-3H3;1-20H/q+1;-1. The number of allylic oxidation sites excluding steroid dienone is 1. The van der Waals surface area contributed by atoms with Crippen molar-refractivity contribution in [1.29, 1.82) is 0 Å². The van der Waals surface area contributed by atoms with E-state index in [0.29, 0.717) is 0 Å². The van der Waals surface area contributed by atoms with Gasteiger partial charge in [0.2, 0.25) is 0 Å². The molecule has 0 aliphatic carbocycles. The summed E-state index contributed by atoms with van der Waals surface area (Å²) in [4.78, 5) is 0. The third-order valence-corrected chi connectivity index (χ3v) is 16.5. The molecule has 288 valence electrons. The van der Waals surface area contributed by atoms with Crippen LogP contribution >= 0.6 is 7.26 Å². The summed E-state index contributed by atoms with van der Waals surface area (Å²) in [7, 11) is -0.781. The molecule has 4 aromatic carbocycles. The first kappa shape index (κ1) is 44.5. The summed E-state index contributed by atoms with van der Waals surface area (Å²) >= 11 is 0. The highest BCUT2D eigenvalue weighted by molar-refractivity contribution is 7.76. The van der Waals surface area contributed by atoms with E-state index in [2.05, 4.69) is 155 Å². The number of unbranched alkanes of at least 4 members (excludes halogenated alkanes) is 15. The third-order valence-electron chi connectivity index (χ3n) is 11.7. The lowest BCUT2D eigenvalue weighted by atomic mass is 9.13. The summed E-state index contributed by atoms with van der Waals surface area (Å²) in [6.07, 6.45) is 33.2. The van der Waals surface area contributed by atoms with Crippen molar-refractivity contribution in [2.24, 2.45) is 0 Å². The van der Waals surface area contributed by atoms with Crippen molar-refractivity contribution in [3.8, 4) is 0 Å². The summed E-state index contributed by atoms with van der Waals surface area (Å²) < 4.78 is 0. The fourth-order valence-electron chi connectivity index (χ4n) is 8.69. The van der Waals surface area contributed by atoms with Gasteiger partial charge >= 0.3 is 0 Å². The van der Waals surface area contributed by atoms with Crippen LogP contribution in [0.4, 0.5) is 0 Å². The molecule has 0 spiro atoms. The minimum Gasteiger partial charge on any atom is -0.195 e. The monoisotopic (exact) mass is 731 g/mol. The molecule has 0 bridgehead atoms. The molecule has 0 amide bonds. The second-order valence-electron chi connectivity index (χ2n) is 15.8. The van der Waals surface area contributed by atoms with E-state index in [-0.39, 0.29) is 0 Å². The van der Waals surface area contributed by atoms with Gasteiger partial charge in [-0.25, -0.2) is 0 Å². The molecular formula is C51H76BP. The van der Waals surface area contributed by atoms with Crippen molar-refractivity contribution in [2.45, 2.75) is 136 Å². The van der Waals surface area contributed by atoms with Crippen molar-refractivity contribution in [3.05, 3.63) is 134 Å². The molecule has 0 aromatic heterocycles. The van der Waals surface area contributed by atoms with E-state index in [1.165, 1.54) is 144 Å². The average molecular weight is 731 g/mol. The van der Waals surface area contributed by atoms with Crippen LogP contribution in [0.25, 0.3) is 0 Å². The van der Waals surface area contributed by atoms with Crippen LogP contribution in [0, 0.1) is 0 Å². The zero-order chi connectivity index (χ0) is 37.7. The largest absolute Gasteiger partial charge is 0.195 e. The first-order chi connectivity index (χ1) is 26.2. The van der Waals surface area contributed by atoms with Crippen molar-refractivity contribution >= 4 is 35.3 Å². The molecular weight excluding hydrogens is 654 g/mol. The van der Waals surface area contributed by atoms with Crippen molar-refractivity contribution in [2.75, 3.05) is 24.6 Å². The molecule has 0 atom stereocenters. The molecule has 0 saturated carbocycles. The van der Waals surface area contributed by atoms with Crippen molar-refractivity contribution < 1.29 is 0 Å². The Labute approximate surface area is 329 Å². The van der Waals surface area contributed by atoms with Crippen LogP contribution in [0.1, 0.15) is 136 Å². The minimum atomic E-state index is -1.22. The van der Waals surface area contributed by atoms with Gasteiger partial charge in [-0.3, -0.25) is 0 Å². The van der Waals surface area contributed by atoms with Gasteiger partial charge in [0.05, 0.1) is 24.6 Å². The van der Waals surface area contributed by atoms with E-state index >= 15 is 0 Å². The minimum absolute atomic E-state index is 0.781. The van der Waals surface area contributed by atoms with Gasteiger partial charge < -0.3 is 0 Å².